The number of nitrogens with zero attached hydrogens (tertiary/aromatic N) is 4. The molecular weight excluding hydrogens is 504 g/mol. The molecule has 0 fully saturated rings. The molecule has 2 aromatic carbocycles. The first-order chi connectivity index (χ1) is 16.2. The summed E-state index contributed by atoms with van der Waals surface area (Å²) < 4.78 is 12.9. The van der Waals surface area contributed by atoms with Crippen molar-refractivity contribution < 1.29 is 19.1 Å². The van der Waals surface area contributed by atoms with E-state index in [1.807, 2.05) is 30.3 Å². The smallest absolute Gasteiger partial charge is 0.412 e. The summed E-state index contributed by atoms with van der Waals surface area (Å²) in [5.74, 6) is -0.291. The van der Waals surface area contributed by atoms with Crippen LogP contribution in [0.25, 0.3) is 0 Å². The van der Waals surface area contributed by atoms with Crippen molar-refractivity contribution in [3.05, 3.63) is 64.4 Å². The van der Waals surface area contributed by atoms with E-state index in [1.165, 1.54) is 4.68 Å². The van der Waals surface area contributed by atoms with E-state index in [2.05, 4.69) is 42.1 Å². The Morgan fingerprint density at radius 3 is 2.53 bits per heavy atom. The number of nitrogens with one attached hydrogen (secondary N) is 2. The molecule has 1 aromatic heterocycles. The van der Waals surface area contributed by atoms with Gasteiger partial charge in [-0.3, -0.25) is 5.32 Å². The van der Waals surface area contributed by atoms with Crippen molar-refractivity contribution in [1.82, 2.24) is 20.2 Å². The van der Waals surface area contributed by atoms with E-state index in [1.54, 1.807) is 45.9 Å². The lowest BCUT2D eigenvalue weighted by Crippen LogP contribution is -2.29. The second-order valence-electron chi connectivity index (χ2n) is 8.33. The number of hydrogen-bond donors (Lipinski definition) is 2. The molecule has 1 heterocycles. The first-order valence-corrected chi connectivity index (χ1v) is 11.5. The molecular formula is C23H27BrN6O4. The quantitative estimate of drug-likeness (QED) is 0.407. The van der Waals surface area contributed by atoms with Crippen LogP contribution < -0.4 is 10.6 Å². The molecule has 0 saturated carbocycles. The van der Waals surface area contributed by atoms with E-state index < -0.39 is 23.7 Å². The lowest BCUT2D eigenvalue weighted by atomic mass is 10.2. The second kappa shape index (κ2) is 11.1. The molecule has 0 aliphatic heterocycles. The molecule has 0 radical (unpaired) electrons. The molecule has 10 nitrogen and oxygen atoms in total. The largest absolute Gasteiger partial charge is 0.464 e. The first-order valence-electron chi connectivity index (χ1n) is 10.7. The van der Waals surface area contributed by atoms with Crippen molar-refractivity contribution in [3.8, 4) is 0 Å². The van der Waals surface area contributed by atoms with Crippen molar-refractivity contribution in [1.29, 1.82) is 0 Å². The molecule has 0 spiro atoms. The monoisotopic (exact) mass is 530 g/mol. The van der Waals surface area contributed by atoms with Crippen LogP contribution in [0.1, 0.15) is 45.1 Å². The molecule has 11 heteroatoms. The lowest BCUT2D eigenvalue weighted by Gasteiger charge is -2.22. The average Bonchev–Trinajstić information content (AvgIpc) is 3.21. The minimum atomic E-state index is -1.04. The third-order valence-electron chi connectivity index (χ3n) is 4.43. The fraction of sp³-hybridized carbons (Fsp3) is 0.348. The van der Waals surface area contributed by atoms with E-state index in [-0.39, 0.29) is 12.4 Å². The van der Waals surface area contributed by atoms with E-state index in [0.717, 1.165) is 10.0 Å². The topological polar surface area (TPSA) is 120 Å². The third-order valence-corrected chi connectivity index (χ3v) is 4.93. The van der Waals surface area contributed by atoms with Gasteiger partial charge in [0.1, 0.15) is 5.60 Å². The Kier molecular flexibility index (Phi) is 8.21. The van der Waals surface area contributed by atoms with Crippen LogP contribution in [-0.2, 0) is 20.8 Å². The van der Waals surface area contributed by atoms with E-state index in [4.69, 9.17) is 9.47 Å². The van der Waals surface area contributed by atoms with E-state index in [0.29, 0.717) is 17.9 Å². The fourth-order valence-electron chi connectivity index (χ4n) is 3.06. The second-order valence-corrected chi connectivity index (χ2v) is 9.24. The predicted molar refractivity (Wildman–Crippen MR) is 130 cm³/mol. The minimum absolute atomic E-state index is 0.179. The minimum Gasteiger partial charge on any atom is -0.464 e. The van der Waals surface area contributed by atoms with Crippen molar-refractivity contribution in [3.63, 3.8) is 0 Å². The third kappa shape index (κ3) is 7.01. The molecule has 1 amide bonds. The molecule has 2 N–H and O–H groups in total. The summed E-state index contributed by atoms with van der Waals surface area (Å²) in [5.41, 5.74) is 1.16. The molecule has 0 aliphatic rings. The highest BCUT2D eigenvalue weighted by molar-refractivity contribution is 9.10. The van der Waals surface area contributed by atoms with Gasteiger partial charge in [0.05, 0.1) is 24.5 Å². The number of amides is 1. The van der Waals surface area contributed by atoms with Gasteiger partial charge in [0.2, 0.25) is 0 Å². The van der Waals surface area contributed by atoms with Gasteiger partial charge >= 0.3 is 12.1 Å². The number of esters is 1. The normalized spacial score (nSPS) is 12.0. The summed E-state index contributed by atoms with van der Waals surface area (Å²) in [6.45, 7) is 7.58. The van der Waals surface area contributed by atoms with Crippen molar-refractivity contribution in [2.75, 3.05) is 17.2 Å². The number of anilines is 2. The molecule has 3 aromatic rings. The van der Waals surface area contributed by atoms with Gasteiger partial charge in [-0.15, -0.1) is 5.10 Å². The standard InChI is InChI=1S/C23H27BrN6O4/c1-5-33-21(31)19(20-27-28-29-30(20)14-15-9-7-6-8-10-15)25-18-13-16(24)11-12-17(18)26-22(32)34-23(2,3)4/h6-13,19,25H,5,14H2,1-4H3,(H,26,32). The molecule has 0 aliphatic carbocycles. The van der Waals surface area contributed by atoms with Crippen molar-refractivity contribution in [2.24, 2.45) is 0 Å². The van der Waals surface area contributed by atoms with E-state index in [9.17, 15) is 9.59 Å². The number of hydrogen-bond acceptors (Lipinski definition) is 8. The van der Waals surface area contributed by atoms with Gasteiger partial charge in [0.15, 0.2) is 11.9 Å². The van der Waals surface area contributed by atoms with Crippen LogP contribution in [0, 0.1) is 0 Å². The van der Waals surface area contributed by atoms with Crippen LogP contribution in [0.2, 0.25) is 0 Å². The summed E-state index contributed by atoms with van der Waals surface area (Å²) in [7, 11) is 0. The summed E-state index contributed by atoms with van der Waals surface area (Å²) >= 11 is 3.43. The molecule has 0 bridgehead atoms. The first kappa shape index (κ1) is 25.2. The van der Waals surface area contributed by atoms with Gasteiger partial charge < -0.3 is 14.8 Å². The average molecular weight is 531 g/mol. The Bertz CT molecular complexity index is 1130. The number of tetrazole rings is 1. The number of carbonyl (C=O) groups is 2. The number of carbonyl (C=O) groups excluding carboxylic acids is 2. The maximum absolute atomic E-state index is 12.9. The number of aromatic nitrogens is 4. The number of benzene rings is 2. The Labute approximate surface area is 206 Å². The van der Waals surface area contributed by atoms with Crippen molar-refractivity contribution in [2.45, 2.75) is 45.9 Å². The zero-order valence-electron chi connectivity index (χ0n) is 19.4. The van der Waals surface area contributed by atoms with Crippen LogP contribution in [-0.4, -0.2) is 44.5 Å². The molecule has 0 saturated heterocycles. The van der Waals surface area contributed by atoms with Crippen LogP contribution in [0.4, 0.5) is 16.2 Å². The SMILES string of the molecule is CCOC(=O)C(Nc1cc(Br)ccc1NC(=O)OC(C)(C)C)c1nnnn1Cc1ccccc1. The Morgan fingerprint density at radius 2 is 1.85 bits per heavy atom. The van der Waals surface area contributed by atoms with E-state index >= 15 is 0 Å². The number of halogens is 1. The fourth-order valence-corrected chi connectivity index (χ4v) is 3.42. The summed E-state index contributed by atoms with van der Waals surface area (Å²) in [5, 5.41) is 17.8. The highest BCUT2D eigenvalue weighted by Gasteiger charge is 2.29. The van der Waals surface area contributed by atoms with Crippen LogP contribution in [0.3, 0.4) is 0 Å². The molecule has 34 heavy (non-hydrogen) atoms. The van der Waals surface area contributed by atoms with Crippen LogP contribution in [0.15, 0.2) is 53.0 Å². The number of ether oxygens (including phenoxy) is 2. The molecule has 1 atom stereocenters. The Morgan fingerprint density at radius 1 is 1.12 bits per heavy atom. The summed E-state index contributed by atoms with van der Waals surface area (Å²) in [4.78, 5) is 25.3. The molecule has 180 valence electrons. The van der Waals surface area contributed by atoms with Gasteiger partial charge in [-0.05, 0) is 61.9 Å². The molecule has 3 rings (SSSR count). The van der Waals surface area contributed by atoms with Gasteiger partial charge in [-0.1, -0.05) is 46.3 Å². The predicted octanol–water partition coefficient (Wildman–Crippen LogP) is 4.55. The Hall–Kier alpha value is -3.47. The highest BCUT2D eigenvalue weighted by Crippen LogP contribution is 2.30. The zero-order chi connectivity index (χ0) is 24.7. The van der Waals surface area contributed by atoms with Gasteiger partial charge in [-0.2, -0.15) is 0 Å². The van der Waals surface area contributed by atoms with Crippen LogP contribution in [0.5, 0.6) is 0 Å². The lowest BCUT2D eigenvalue weighted by molar-refractivity contribution is -0.144. The van der Waals surface area contributed by atoms with Gasteiger partial charge in [-0.25, -0.2) is 14.3 Å². The number of rotatable bonds is 8. The summed E-state index contributed by atoms with van der Waals surface area (Å²) in [6, 6.07) is 13.8. The molecule has 1 unspecified atom stereocenters. The van der Waals surface area contributed by atoms with Gasteiger partial charge in [0.25, 0.3) is 0 Å². The van der Waals surface area contributed by atoms with Crippen LogP contribution >= 0.6 is 15.9 Å². The van der Waals surface area contributed by atoms with Gasteiger partial charge in [0, 0.05) is 4.47 Å². The maximum atomic E-state index is 12.9. The van der Waals surface area contributed by atoms with Crippen molar-refractivity contribution >= 4 is 39.4 Å². The summed E-state index contributed by atoms with van der Waals surface area (Å²) in [6.07, 6.45) is -0.625. The Balaban J connectivity index is 1.93. The maximum Gasteiger partial charge on any atom is 0.412 e. The highest BCUT2D eigenvalue weighted by atomic mass is 79.9. The zero-order valence-corrected chi connectivity index (χ0v) is 21.0.